The minimum Gasteiger partial charge on any atom is -0.393 e. The van der Waals surface area contributed by atoms with Gasteiger partial charge >= 0.3 is 0 Å². The van der Waals surface area contributed by atoms with Crippen LogP contribution in [0.15, 0.2) is 24.8 Å². The van der Waals surface area contributed by atoms with Gasteiger partial charge in [-0.05, 0) is 24.8 Å². The van der Waals surface area contributed by atoms with Crippen LogP contribution < -0.4 is 10.6 Å². The van der Waals surface area contributed by atoms with E-state index in [1.54, 1.807) is 17.2 Å². The van der Waals surface area contributed by atoms with E-state index in [0.29, 0.717) is 11.5 Å². The van der Waals surface area contributed by atoms with Crippen molar-refractivity contribution in [2.75, 3.05) is 23.7 Å². The lowest BCUT2D eigenvalue weighted by molar-refractivity contribution is 0.436. The third-order valence-corrected chi connectivity index (χ3v) is 3.65. The molecule has 0 bridgehead atoms. The molecule has 2 N–H and O–H groups in total. The predicted octanol–water partition coefficient (Wildman–Crippen LogP) is 1.48. The first-order valence-corrected chi connectivity index (χ1v) is 6.61. The Kier molecular flexibility index (Phi) is 3.06. The molecule has 0 radical (unpaired) electrons. The fourth-order valence-electron chi connectivity index (χ4n) is 2.43. The molecule has 2 aromatic heterocycles. The quantitative estimate of drug-likeness (QED) is 0.883. The van der Waals surface area contributed by atoms with E-state index in [1.165, 1.54) is 12.8 Å². The monoisotopic (exact) mass is 258 g/mol. The molecule has 1 aliphatic rings. The maximum Gasteiger partial charge on any atom is 0.181 e. The number of anilines is 2. The summed E-state index contributed by atoms with van der Waals surface area (Å²) in [5.74, 6) is 2.26. The molecule has 100 valence electrons. The molecule has 0 unspecified atom stereocenters. The van der Waals surface area contributed by atoms with Crippen LogP contribution in [0.2, 0.25) is 0 Å². The van der Waals surface area contributed by atoms with Gasteiger partial charge in [0, 0.05) is 25.5 Å². The third-order valence-electron chi connectivity index (χ3n) is 3.65. The molecule has 1 aliphatic heterocycles. The van der Waals surface area contributed by atoms with Crippen LogP contribution in [-0.2, 0) is 0 Å². The fraction of sp³-hybridized carbons (Fsp3) is 0.462. The van der Waals surface area contributed by atoms with Gasteiger partial charge in [0.05, 0.1) is 0 Å². The van der Waals surface area contributed by atoms with Gasteiger partial charge in [0.1, 0.15) is 12.0 Å². The number of nitrogens with two attached hydrogens (primary N) is 1. The molecule has 0 atom stereocenters. The molecule has 0 amide bonds. The molecule has 0 aliphatic carbocycles. The van der Waals surface area contributed by atoms with Crippen molar-refractivity contribution in [3.63, 3.8) is 0 Å². The van der Waals surface area contributed by atoms with Crippen LogP contribution in [0.25, 0.3) is 5.82 Å². The number of aromatic nitrogens is 4. The van der Waals surface area contributed by atoms with Crippen molar-refractivity contribution in [3.05, 3.63) is 24.8 Å². The summed E-state index contributed by atoms with van der Waals surface area (Å²) >= 11 is 0. The summed E-state index contributed by atoms with van der Waals surface area (Å²) in [6.45, 7) is 4.29. The van der Waals surface area contributed by atoms with Gasteiger partial charge in [-0.25, -0.2) is 14.6 Å². The molecular weight excluding hydrogens is 240 g/mol. The van der Waals surface area contributed by atoms with Crippen molar-refractivity contribution in [1.82, 2.24) is 19.7 Å². The Hall–Kier alpha value is -2.11. The van der Waals surface area contributed by atoms with Gasteiger partial charge in [-0.2, -0.15) is 5.10 Å². The summed E-state index contributed by atoms with van der Waals surface area (Å²) < 4.78 is 1.67. The first-order valence-electron chi connectivity index (χ1n) is 6.61. The average molecular weight is 258 g/mol. The van der Waals surface area contributed by atoms with Crippen molar-refractivity contribution in [2.45, 2.75) is 19.8 Å². The maximum absolute atomic E-state index is 6.21. The second-order valence-corrected chi connectivity index (χ2v) is 5.05. The lowest BCUT2D eigenvalue weighted by atomic mass is 9.99. The van der Waals surface area contributed by atoms with Crippen molar-refractivity contribution in [2.24, 2.45) is 5.92 Å². The number of hydrogen-bond acceptors (Lipinski definition) is 5. The van der Waals surface area contributed by atoms with Gasteiger partial charge in [0.2, 0.25) is 0 Å². The van der Waals surface area contributed by atoms with Gasteiger partial charge in [-0.1, -0.05) is 6.92 Å². The highest BCUT2D eigenvalue weighted by atomic mass is 15.3. The van der Waals surface area contributed by atoms with Crippen molar-refractivity contribution in [1.29, 1.82) is 0 Å². The van der Waals surface area contributed by atoms with E-state index < -0.39 is 0 Å². The van der Waals surface area contributed by atoms with E-state index in [1.807, 2.05) is 12.3 Å². The number of piperidine rings is 1. The molecule has 1 fully saturated rings. The smallest absolute Gasteiger partial charge is 0.181 e. The first-order chi connectivity index (χ1) is 9.25. The standard InChI is InChI=1S/C13H18N6/c1-10-3-7-18(8-4-10)12-11(14)13(16-9-15-12)19-6-2-5-17-19/h2,5-6,9-10H,3-4,7-8,14H2,1H3. The van der Waals surface area contributed by atoms with E-state index in [-0.39, 0.29) is 0 Å². The summed E-state index contributed by atoms with van der Waals surface area (Å²) in [5.41, 5.74) is 6.81. The highest BCUT2D eigenvalue weighted by Gasteiger charge is 2.20. The summed E-state index contributed by atoms with van der Waals surface area (Å²) in [7, 11) is 0. The van der Waals surface area contributed by atoms with Crippen molar-refractivity contribution >= 4 is 11.5 Å². The number of hydrogen-bond donors (Lipinski definition) is 1. The van der Waals surface area contributed by atoms with Gasteiger partial charge in [0.25, 0.3) is 0 Å². The highest BCUT2D eigenvalue weighted by molar-refractivity contribution is 5.70. The SMILES string of the molecule is CC1CCN(c2ncnc(-n3cccn3)c2N)CC1. The minimum absolute atomic E-state index is 0.598. The number of rotatable bonds is 2. The Morgan fingerprint density at radius 2 is 1.95 bits per heavy atom. The molecule has 3 rings (SSSR count). The first kappa shape index (κ1) is 12.0. The molecule has 19 heavy (non-hydrogen) atoms. The minimum atomic E-state index is 0.598. The molecule has 0 aromatic carbocycles. The Bertz CT molecular complexity index is 542. The zero-order valence-electron chi connectivity index (χ0n) is 11.0. The Morgan fingerprint density at radius 1 is 1.21 bits per heavy atom. The van der Waals surface area contributed by atoms with Gasteiger partial charge < -0.3 is 10.6 Å². The predicted molar refractivity (Wildman–Crippen MR) is 74.2 cm³/mol. The Labute approximate surface area is 112 Å². The zero-order chi connectivity index (χ0) is 13.2. The molecule has 3 heterocycles. The molecule has 6 nitrogen and oxygen atoms in total. The molecule has 0 saturated carbocycles. The van der Waals surface area contributed by atoms with Gasteiger partial charge in [-0.3, -0.25) is 0 Å². The molecule has 0 spiro atoms. The molecule has 2 aromatic rings. The lowest BCUT2D eigenvalue weighted by Crippen LogP contribution is -2.34. The van der Waals surface area contributed by atoms with Crippen LogP contribution in [0, 0.1) is 5.92 Å². The van der Waals surface area contributed by atoms with Gasteiger partial charge in [-0.15, -0.1) is 0 Å². The number of nitrogens with zero attached hydrogens (tertiary/aromatic N) is 5. The van der Waals surface area contributed by atoms with Crippen LogP contribution in [-0.4, -0.2) is 32.8 Å². The van der Waals surface area contributed by atoms with E-state index in [9.17, 15) is 0 Å². The summed E-state index contributed by atoms with van der Waals surface area (Å²) in [5, 5.41) is 4.17. The second-order valence-electron chi connectivity index (χ2n) is 5.05. The molecule has 1 saturated heterocycles. The molecular formula is C13H18N6. The zero-order valence-corrected chi connectivity index (χ0v) is 11.0. The van der Waals surface area contributed by atoms with E-state index >= 15 is 0 Å². The van der Waals surface area contributed by atoms with Crippen LogP contribution in [0.1, 0.15) is 19.8 Å². The third kappa shape index (κ3) is 2.25. The van der Waals surface area contributed by atoms with E-state index in [2.05, 4.69) is 26.9 Å². The van der Waals surface area contributed by atoms with Gasteiger partial charge in [0.15, 0.2) is 11.6 Å². The second kappa shape index (κ2) is 4.87. The van der Waals surface area contributed by atoms with Crippen LogP contribution in [0.4, 0.5) is 11.5 Å². The van der Waals surface area contributed by atoms with E-state index in [4.69, 9.17) is 5.73 Å². The fourth-order valence-corrected chi connectivity index (χ4v) is 2.43. The molecule has 6 heteroatoms. The maximum atomic E-state index is 6.21. The lowest BCUT2D eigenvalue weighted by Gasteiger charge is -2.31. The van der Waals surface area contributed by atoms with Crippen LogP contribution >= 0.6 is 0 Å². The normalized spacial score (nSPS) is 16.8. The topological polar surface area (TPSA) is 72.9 Å². The summed E-state index contributed by atoms with van der Waals surface area (Å²) in [4.78, 5) is 10.8. The highest BCUT2D eigenvalue weighted by Crippen LogP contribution is 2.28. The van der Waals surface area contributed by atoms with Crippen LogP contribution in [0.3, 0.4) is 0 Å². The largest absolute Gasteiger partial charge is 0.393 e. The van der Waals surface area contributed by atoms with Crippen molar-refractivity contribution < 1.29 is 0 Å². The van der Waals surface area contributed by atoms with Crippen LogP contribution in [0.5, 0.6) is 0 Å². The summed E-state index contributed by atoms with van der Waals surface area (Å²) in [6.07, 6.45) is 7.46. The summed E-state index contributed by atoms with van der Waals surface area (Å²) in [6, 6.07) is 1.85. The Balaban J connectivity index is 1.92. The number of nitrogen functional groups attached to an aromatic ring is 1. The Morgan fingerprint density at radius 3 is 2.63 bits per heavy atom. The average Bonchev–Trinajstić information content (AvgIpc) is 2.94. The van der Waals surface area contributed by atoms with E-state index in [0.717, 1.165) is 24.8 Å². The van der Waals surface area contributed by atoms with Crippen molar-refractivity contribution in [3.8, 4) is 5.82 Å².